The summed E-state index contributed by atoms with van der Waals surface area (Å²) in [5.74, 6) is -3.84. The normalized spacial score (nSPS) is 12.3. The summed E-state index contributed by atoms with van der Waals surface area (Å²) in [5.41, 5.74) is -0.926. The number of halogens is 2. The van der Waals surface area contributed by atoms with Gasteiger partial charge in [0.05, 0.1) is 5.56 Å². The van der Waals surface area contributed by atoms with Crippen molar-refractivity contribution in [3.05, 3.63) is 35.4 Å². The molecule has 0 unspecified atom stereocenters. The van der Waals surface area contributed by atoms with Crippen LogP contribution in [0.3, 0.4) is 0 Å². The predicted molar refractivity (Wildman–Crippen MR) is 77.7 cm³/mol. The van der Waals surface area contributed by atoms with E-state index in [4.69, 9.17) is 4.74 Å². The first-order valence-corrected chi connectivity index (χ1v) is 6.78. The van der Waals surface area contributed by atoms with Crippen molar-refractivity contribution in [2.75, 3.05) is 0 Å². The lowest BCUT2D eigenvalue weighted by Crippen LogP contribution is -2.50. The highest BCUT2D eigenvalue weighted by atomic mass is 19.1. The zero-order valence-electron chi connectivity index (χ0n) is 13.2. The first-order valence-electron chi connectivity index (χ1n) is 6.78. The van der Waals surface area contributed by atoms with Gasteiger partial charge < -0.3 is 10.1 Å². The molecule has 0 aliphatic rings. The first-order chi connectivity index (χ1) is 10.5. The molecule has 0 aliphatic carbocycles. The minimum atomic E-state index is -1.32. The largest absolute Gasteiger partial charge is 0.449 e. The van der Waals surface area contributed by atoms with Crippen LogP contribution in [0.5, 0.6) is 0 Å². The van der Waals surface area contributed by atoms with Gasteiger partial charge >= 0.3 is 12.0 Å². The van der Waals surface area contributed by atoms with E-state index >= 15 is 0 Å². The van der Waals surface area contributed by atoms with Crippen LogP contribution in [-0.2, 0) is 9.53 Å². The summed E-state index contributed by atoms with van der Waals surface area (Å²) in [7, 11) is 0. The predicted octanol–water partition coefficient (Wildman–Crippen LogP) is 2.13. The van der Waals surface area contributed by atoms with Crippen molar-refractivity contribution in [1.29, 1.82) is 0 Å². The number of nitrogens with one attached hydrogen (secondary N) is 2. The van der Waals surface area contributed by atoms with Gasteiger partial charge in [0.2, 0.25) is 0 Å². The third kappa shape index (κ3) is 6.41. The Kier molecular flexibility index (Phi) is 5.78. The average Bonchev–Trinajstić information content (AvgIpc) is 2.34. The average molecular weight is 328 g/mol. The second-order valence-electron chi connectivity index (χ2n) is 5.90. The number of urea groups is 1. The maximum atomic E-state index is 13.0. The SMILES string of the molecule is C[C@H](OC(=O)c1cc(F)cc(F)c1)C(=O)NC(=O)NC(C)(C)C. The van der Waals surface area contributed by atoms with Crippen LogP contribution in [0.4, 0.5) is 13.6 Å². The number of hydrogen-bond donors (Lipinski definition) is 2. The third-order valence-electron chi connectivity index (χ3n) is 2.48. The van der Waals surface area contributed by atoms with Crippen LogP contribution in [0.2, 0.25) is 0 Å². The maximum Gasteiger partial charge on any atom is 0.339 e. The van der Waals surface area contributed by atoms with Crippen molar-refractivity contribution in [2.24, 2.45) is 0 Å². The molecule has 0 bridgehead atoms. The first kappa shape index (κ1) is 18.5. The molecule has 1 atom stereocenters. The number of rotatable bonds is 3. The van der Waals surface area contributed by atoms with Crippen molar-refractivity contribution in [1.82, 2.24) is 10.6 Å². The summed E-state index contributed by atoms with van der Waals surface area (Å²) in [4.78, 5) is 35.0. The molecule has 126 valence electrons. The van der Waals surface area contributed by atoms with Crippen LogP contribution in [0, 0.1) is 11.6 Å². The molecule has 23 heavy (non-hydrogen) atoms. The van der Waals surface area contributed by atoms with Gasteiger partial charge in [0.15, 0.2) is 6.10 Å². The van der Waals surface area contributed by atoms with Crippen LogP contribution in [0.1, 0.15) is 38.1 Å². The Hall–Kier alpha value is -2.51. The van der Waals surface area contributed by atoms with Gasteiger partial charge in [0.1, 0.15) is 11.6 Å². The van der Waals surface area contributed by atoms with E-state index < -0.39 is 41.2 Å². The molecule has 0 radical (unpaired) electrons. The molecule has 0 saturated carbocycles. The number of amides is 3. The Bertz CT molecular complexity index is 606. The molecule has 1 aromatic carbocycles. The van der Waals surface area contributed by atoms with E-state index in [1.807, 2.05) is 5.32 Å². The lowest BCUT2D eigenvalue weighted by Gasteiger charge is -2.21. The number of hydrogen-bond acceptors (Lipinski definition) is 4. The van der Waals surface area contributed by atoms with Crippen LogP contribution < -0.4 is 10.6 Å². The van der Waals surface area contributed by atoms with E-state index in [-0.39, 0.29) is 5.56 Å². The Morgan fingerprint density at radius 3 is 2.09 bits per heavy atom. The van der Waals surface area contributed by atoms with E-state index in [0.29, 0.717) is 6.07 Å². The zero-order chi connectivity index (χ0) is 17.8. The van der Waals surface area contributed by atoms with Crippen LogP contribution in [-0.4, -0.2) is 29.6 Å². The van der Waals surface area contributed by atoms with Gasteiger partial charge in [-0.2, -0.15) is 0 Å². The minimum Gasteiger partial charge on any atom is -0.449 e. The fourth-order valence-corrected chi connectivity index (χ4v) is 1.54. The number of carbonyl (C=O) groups is 3. The van der Waals surface area contributed by atoms with Gasteiger partial charge in [-0.3, -0.25) is 10.1 Å². The van der Waals surface area contributed by atoms with E-state index in [9.17, 15) is 23.2 Å². The molecule has 0 aliphatic heterocycles. The molecular formula is C15H18F2N2O4. The monoisotopic (exact) mass is 328 g/mol. The fraction of sp³-hybridized carbons (Fsp3) is 0.400. The Morgan fingerprint density at radius 2 is 1.61 bits per heavy atom. The number of carbonyl (C=O) groups excluding carboxylic acids is 3. The van der Waals surface area contributed by atoms with Crippen LogP contribution >= 0.6 is 0 Å². The molecule has 0 heterocycles. The van der Waals surface area contributed by atoms with Crippen molar-refractivity contribution in [3.8, 4) is 0 Å². The molecule has 1 aromatic rings. The van der Waals surface area contributed by atoms with E-state index in [1.165, 1.54) is 6.92 Å². The maximum absolute atomic E-state index is 13.0. The minimum absolute atomic E-state index is 0.374. The van der Waals surface area contributed by atoms with Gasteiger partial charge in [-0.05, 0) is 39.8 Å². The molecule has 0 saturated heterocycles. The number of esters is 1. The summed E-state index contributed by atoms with van der Waals surface area (Å²) in [5, 5.41) is 4.50. The second kappa shape index (κ2) is 7.17. The van der Waals surface area contributed by atoms with E-state index in [0.717, 1.165) is 12.1 Å². The van der Waals surface area contributed by atoms with E-state index in [1.54, 1.807) is 20.8 Å². The number of ether oxygens (including phenoxy) is 1. The Labute approximate surface area is 132 Å². The number of imide groups is 1. The summed E-state index contributed by atoms with van der Waals surface area (Å²) < 4.78 is 30.8. The summed E-state index contributed by atoms with van der Waals surface area (Å²) in [6.45, 7) is 6.39. The number of benzene rings is 1. The van der Waals surface area contributed by atoms with Crippen molar-refractivity contribution in [3.63, 3.8) is 0 Å². The molecule has 2 N–H and O–H groups in total. The molecule has 6 nitrogen and oxygen atoms in total. The molecule has 0 aromatic heterocycles. The van der Waals surface area contributed by atoms with Crippen LogP contribution in [0.15, 0.2) is 18.2 Å². The topological polar surface area (TPSA) is 84.5 Å². The van der Waals surface area contributed by atoms with Crippen LogP contribution in [0.25, 0.3) is 0 Å². The Morgan fingerprint density at radius 1 is 1.09 bits per heavy atom. The summed E-state index contributed by atoms with van der Waals surface area (Å²) in [6.07, 6.45) is -1.32. The highest BCUT2D eigenvalue weighted by Crippen LogP contribution is 2.10. The van der Waals surface area contributed by atoms with Crippen molar-refractivity contribution >= 4 is 17.9 Å². The van der Waals surface area contributed by atoms with Gasteiger partial charge in [-0.15, -0.1) is 0 Å². The lowest BCUT2D eigenvalue weighted by molar-refractivity contribution is -0.127. The molecule has 0 fully saturated rings. The second-order valence-corrected chi connectivity index (χ2v) is 5.90. The van der Waals surface area contributed by atoms with E-state index in [2.05, 4.69) is 5.32 Å². The van der Waals surface area contributed by atoms with Crippen molar-refractivity contribution in [2.45, 2.75) is 39.3 Å². The quantitative estimate of drug-likeness (QED) is 0.833. The molecule has 1 rings (SSSR count). The Balaban J connectivity index is 2.64. The molecule has 0 spiro atoms. The van der Waals surface area contributed by atoms with Gasteiger partial charge in [-0.1, -0.05) is 0 Å². The van der Waals surface area contributed by atoms with Gasteiger partial charge in [0.25, 0.3) is 5.91 Å². The molecular weight excluding hydrogens is 310 g/mol. The standard InChI is InChI=1S/C15H18F2N2O4/c1-8(12(20)18-14(22)19-15(2,3)4)23-13(21)9-5-10(16)7-11(17)6-9/h5-8H,1-4H3,(H2,18,19,20,22)/t8-/m0/s1. The highest BCUT2D eigenvalue weighted by Gasteiger charge is 2.23. The summed E-state index contributed by atoms with van der Waals surface area (Å²) >= 11 is 0. The summed E-state index contributed by atoms with van der Waals surface area (Å²) in [6, 6.07) is 1.41. The third-order valence-corrected chi connectivity index (χ3v) is 2.48. The smallest absolute Gasteiger partial charge is 0.339 e. The van der Waals surface area contributed by atoms with Gasteiger partial charge in [-0.25, -0.2) is 18.4 Å². The zero-order valence-corrected chi connectivity index (χ0v) is 13.2. The van der Waals surface area contributed by atoms with Crippen molar-refractivity contribution < 1.29 is 27.9 Å². The van der Waals surface area contributed by atoms with Gasteiger partial charge in [0, 0.05) is 11.6 Å². The fourth-order valence-electron chi connectivity index (χ4n) is 1.54. The molecule has 8 heteroatoms. The highest BCUT2D eigenvalue weighted by molar-refractivity contribution is 5.98. The molecule has 3 amide bonds. The lowest BCUT2D eigenvalue weighted by atomic mass is 10.1.